The maximum absolute atomic E-state index is 14.4. The minimum absolute atomic E-state index is 0.0475. The van der Waals surface area contributed by atoms with E-state index < -0.39 is 97.1 Å². The average Bonchev–Trinajstić information content (AvgIpc) is 3.31. The van der Waals surface area contributed by atoms with Crippen molar-refractivity contribution in [1.82, 2.24) is 9.88 Å². The number of ether oxygens (including phenoxy) is 8. The van der Waals surface area contributed by atoms with Crippen LogP contribution in [0.25, 0.3) is 0 Å². The molecule has 1 aromatic rings. The molecule has 4 aliphatic rings. The number of pyridine rings is 1. The van der Waals surface area contributed by atoms with Crippen LogP contribution in [-0.2, 0) is 58.9 Å². The number of methoxy groups -OCH3 is 2. The molecule has 4 heterocycles. The SMILES string of the molecule is CC[C@H]1OC(=O)C[C@H]2OC/C(=N/OCc3cccnc3)COCCC(C[C@@H](C)C(=O)/C=C/C(C)=C/[C@@H]1CO[C@@H]1C[C@H](C)[C@@H](O)[C@@H](OC)[C@H]1OC)[C@H](O[C@@H]1O[C@H](C)[C@@H](O)[C@H](N(C)C)[C@H]1O)[C@H]2C. The van der Waals surface area contributed by atoms with Gasteiger partial charge < -0.3 is 63.0 Å². The molecular formula is C49H77N3O14. The van der Waals surface area contributed by atoms with Crippen molar-refractivity contribution in [3.05, 3.63) is 53.9 Å². The number of ketones is 1. The Balaban J connectivity index is 1.51. The third-order valence-electron chi connectivity index (χ3n) is 13.7. The molecule has 1 aromatic heterocycles. The molecule has 3 N–H and O–H groups in total. The summed E-state index contributed by atoms with van der Waals surface area (Å²) in [7, 11) is 6.67. The van der Waals surface area contributed by atoms with Crippen LogP contribution in [0.5, 0.6) is 0 Å². The van der Waals surface area contributed by atoms with E-state index >= 15 is 0 Å². The van der Waals surface area contributed by atoms with E-state index in [4.69, 9.17) is 42.7 Å². The molecule has 1 unspecified atom stereocenters. The maximum Gasteiger partial charge on any atom is 0.308 e. The summed E-state index contributed by atoms with van der Waals surface area (Å²) >= 11 is 0. The number of allylic oxidation sites excluding steroid dienone is 3. The van der Waals surface area contributed by atoms with Crippen molar-refractivity contribution in [3.63, 3.8) is 0 Å². The van der Waals surface area contributed by atoms with E-state index in [0.29, 0.717) is 31.4 Å². The number of cyclic esters (lactones) is 1. The van der Waals surface area contributed by atoms with Crippen molar-refractivity contribution < 1.29 is 67.6 Å². The number of aliphatic hydroxyl groups is 3. The van der Waals surface area contributed by atoms with Crippen molar-refractivity contribution in [2.75, 3.05) is 54.7 Å². The second-order valence-corrected chi connectivity index (χ2v) is 18.9. The topological polar surface area (TPSA) is 206 Å². The van der Waals surface area contributed by atoms with Gasteiger partial charge in [0.2, 0.25) is 0 Å². The molecular weight excluding hydrogens is 855 g/mol. The van der Waals surface area contributed by atoms with Gasteiger partial charge in [-0.3, -0.25) is 14.6 Å². The zero-order chi connectivity index (χ0) is 48.1. The Labute approximate surface area is 391 Å². The normalized spacial score (nSPS) is 40.0. The summed E-state index contributed by atoms with van der Waals surface area (Å²) in [5.74, 6) is -2.50. The second-order valence-electron chi connectivity index (χ2n) is 18.9. The van der Waals surface area contributed by atoms with Crippen LogP contribution in [0, 0.1) is 29.6 Å². The van der Waals surface area contributed by atoms with Gasteiger partial charge in [-0.05, 0) is 77.6 Å². The molecule has 372 valence electrons. The van der Waals surface area contributed by atoms with E-state index in [1.165, 1.54) is 0 Å². The van der Waals surface area contributed by atoms with Crippen LogP contribution in [0.3, 0.4) is 0 Å². The Morgan fingerprint density at radius 3 is 2.39 bits per heavy atom. The highest BCUT2D eigenvalue weighted by Crippen LogP contribution is 2.36. The quantitative estimate of drug-likeness (QED) is 0.200. The van der Waals surface area contributed by atoms with Gasteiger partial charge in [-0.25, -0.2) is 0 Å². The van der Waals surface area contributed by atoms with E-state index in [-0.39, 0.29) is 57.1 Å². The zero-order valence-electron chi connectivity index (χ0n) is 40.6. The summed E-state index contributed by atoms with van der Waals surface area (Å²) in [6, 6.07) is 3.00. The zero-order valence-corrected chi connectivity index (χ0v) is 40.6. The van der Waals surface area contributed by atoms with Crippen molar-refractivity contribution in [2.24, 2.45) is 34.7 Å². The van der Waals surface area contributed by atoms with Gasteiger partial charge in [0, 0.05) is 56.5 Å². The maximum atomic E-state index is 14.4. The molecule has 17 heteroatoms. The standard InChI is InChI=1S/C49H77N3O14/c1-11-38-35(25-61-40-21-30(4)43(55)48(59-10)47(40)58-9)19-28(2)14-15-37(53)29(3)20-34-16-18-60-26-36(51-63-24-33-13-12-17-50-23-33)27-62-39(22-41(54)65-38)31(5)46(34)66-49-45(57)42(52(7)8)44(56)32(6)64-49/h12-15,17,19,23,29-32,34-35,38-40,42-49,55-57H,11,16,18,20-22,24-27H2,1-10H3/b15-14+,28-19+,51-36+/t29-,30+,31+,32-,34?,35-,38-,39-,40-,42+,43-,44-,45-,46-,47+,48-,49+/m1/s1. The van der Waals surface area contributed by atoms with Gasteiger partial charge in [0.25, 0.3) is 0 Å². The summed E-state index contributed by atoms with van der Waals surface area (Å²) in [6.45, 7) is 12.0. The highest BCUT2D eigenvalue weighted by Gasteiger charge is 2.48. The fourth-order valence-electron chi connectivity index (χ4n) is 9.77. The van der Waals surface area contributed by atoms with Gasteiger partial charge in [0.1, 0.15) is 36.7 Å². The van der Waals surface area contributed by atoms with Crippen molar-refractivity contribution in [2.45, 2.75) is 154 Å². The lowest BCUT2D eigenvalue weighted by Gasteiger charge is -2.47. The highest BCUT2D eigenvalue weighted by molar-refractivity contribution is 5.91. The van der Waals surface area contributed by atoms with E-state index in [9.17, 15) is 24.9 Å². The van der Waals surface area contributed by atoms with Gasteiger partial charge in [-0.2, -0.15) is 0 Å². The highest BCUT2D eigenvalue weighted by atomic mass is 16.7. The van der Waals surface area contributed by atoms with Crippen LogP contribution < -0.4 is 0 Å². The molecule has 3 aliphatic heterocycles. The minimum atomic E-state index is -1.24. The van der Waals surface area contributed by atoms with Gasteiger partial charge >= 0.3 is 5.97 Å². The monoisotopic (exact) mass is 932 g/mol. The average molecular weight is 932 g/mol. The number of esters is 1. The number of likely N-dealkylation sites (N-methyl/N-ethyl adjacent to an activating group) is 1. The molecule has 17 nitrogen and oxygen atoms in total. The van der Waals surface area contributed by atoms with Crippen LogP contribution in [0.2, 0.25) is 0 Å². The van der Waals surface area contributed by atoms with Crippen LogP contribution in [0.15, 0.2) is 53.5 Å². The summed E-state index contributed by atoms with van der Waals surface area (Å²) < 4.78 is 50.4. The van der Waals surface area contributed by atoms with E-state index in [2.05, 4.69) is 10.1 Å². The van der Waals surface area contributed by atoms with Gasteiger partial charge in [-0.15, -0.1) is 0 Å². The first-order chi connectivity index (χ1) is 31.6. The lowest BCUT2D eigenvalue weighted by molar-refractivity contribution is -0.305. The number of oxime groups is 1. The first kappa shape index (κ1) is 53.8. The molecule has 1 aliphatic carbocycles. The number of fused-ring (bicyclic) bond motifs is 3. The summed E-state index contributed by atoms with van der Waals surface area (Å²) in [6.07, 6.45) is 1.79. The molecule has 66 heavy (non-hydrogen) atoms. The minimum Gasteiger partial charge on any atom is -0.462 e. The smallest absolute Gasteiger partial charge is 0.308 e. The molecule has 0 aromatic carbocycles. The van der Waals surface area contributed by atoms with Crippen LogP contribution in [0.1, 0.15) is 79.2 Å². The number of carbonyl (C=O) groups is 2. The summed E-state index contributed by atoms with van der Waals surface area (Å²) in [4.78, 5) is 40.1. The summed E-state index contributed by atoms with van der Waals surface area (Å²) in [5.41, 5.74) is 2.08. The Kier molecular flexibility index (Phi) is 21.1. The van der Waals surface area contributed by atoms with E-state index in [0.717, 1.165) is 11.1 Å². The first-order valence-electron chi connectivity index (χ1n) is 23.6. The largest absolute Gasteiger partial charge is 0.462 e. The Hall–Kier alpha value is -3.20. The second kappa shape index (κ2) is 26.0. The third kappa shape index (κ3) is 14.4. The number of nitrogens with zero attached hydrogens (tertiary/aromatic N) is 3. The summed E-state index contributed by atoms with van der Waals surface area (Å²) in [5, 5.41) is 38.0. The molecule has 2 saturated heterocycles. The van der Waals surface area contributed by atoms with Crippen molar-refractivity contribution in [1.29, 1.82) is 0 Å². The lowest BCUT2D eigenvalue weighted by atomic mass is 9.79. The fraction of sp³-hybridized carbons (Fsp3) is 0.755. The molecule has 0 amide bonds. The Morgan fingerprint density at radius 1 is 0.955 bits per heavy atom. The number of aromatic nitrogens is 1. The predicted molar refractivity (Wildman–Crippen MR) is 244 cm³/mol. The van der Waals surface area contributed by atoms with E-state index in [1.807, 2.05) is 52.8 Å². The molecule has 2 bridgehead atoms. The van der Waals surface area contributed by atoms with Crippen molar-refractivity contribution >= 4 is 17.5 Å². The molecule has 17 atom stereocenters. The molecule has 3 fully saturated rings. The molecule has 5 rings (SSSR count). The Morgan fingerprint density at radius 2 is 1.71 bits per heavy atom. The predicted octanol–water partition coefficient (Wildman–Crippen LogP) is 4.05. The van der Waals surface area contributed by atoms with E-state index in [1.54, 1.807) is 64.7 Å². The Bertz CT molecular complexity index is 1750. The lowest BCUT2D eigenvalue weighted by Crippen LogP contribution is -2.63. The van der Waals surface area contributed by atoms with Gasteiger partial charge in [0.15, 0.2) is 12.1 Å². The molecule has 1 saturated carbocycles. The van der Waals surface area contributed by atoms with Crippen LogP contribution in [0.4, 0.5) is 0 Å². The van der Waals surface area contributed by atoms with Gasteiger partial charge in [-0.1, -0.05) is 56.6 Å². The number of aliphatic hydroxyl groups excluding tert-OH is 3. The first-order valence-corrected chi connectivity index (χ1v) is 23.6. The third-order valence-corrected chi connectivity index (χ3v) is 13.7. The van der Waals surface area contributed by atoms with Gasteiger partial charge in [0.05, 0.1) is 68.9 Å². The van der Waals surface area contributed by atoms with Crippen LogP contribution in [-0.4, -0.2) is 171 Å². The van der Waals surface area contributed by atoms with Crippen molar-refractivity contribution in [3.8, 4) is 0 Å². The fourth-order valence-corrected chi connectivity index (χ4v) is 9.77. The number of carbonyl (C=O) groups excluding carboxylic acids is 2. The molecule has 0 radical (unpaired) electrons. The van der Waals surface area contributed by atoms with Crippen LogP contribution >= 0.6 is 0 Å². The molecule has 0 spiro atoms. The number of hydrogen-bond donors (Lipinski definition) is 3. The number of hydrogen-bond acceptors (Lipinski definition) is 17. The number of rotatable bonds is 12.